The molecule has 126 valence electrons. The number of amides is 2. The summed E-state index contributed by atoms with van der Waals surface area (Å²) in [6.07, 6.45) is 2.87. The fraction of sp³-hybridized carbons (Fsp3) is 0.556. The van der Waals surface area contributed by atoms with Crippen LogP contribution >= 0.6 is 0 Å². The molecule has 0 saturated carbocycles. The van der Waals surface area contributed by atoms with E-state index in [2.05, 4.69) is 5.32 Å². The zero-order chi connectivity index (χ0) is 16.8. The molecule has 2 amide bonds. The van der Waals surface area contributed by atoms with Crippen LogP contribution in [0.5, 0.6) is 5.75 Å². The molecule has 0 saturated heterocycles. The maximum atomic E-state index is 12.0. The van der Waals surface area contributed by atoms with Gasteiger partial charge in [0.05, 0.1) is 18.7 Å². The van der Waals surface area contributed by atoms with Gasteiger partial charge in [-0.2, -0.15) is 0 Å². The van der Waals surface area contributed by atoms with Crippen LogP contribution in [0, 0.1) is 5.92 Å². The van der Waals surface area contributed by atoms with Crippen molar-refractivity contribution in [1.29, 1.82) is 0 Å². The Balaban J connectivity index is 1.98. The van der Waals surface area contributed by atoms with E-state index < -0.39 is 0 Å². The molecular formula is C18H26N2O3. The van der Waals surface area contributed by atoms with Crippen molar-refractivity contribution in [3.05, 3.63) is 23.8 Å². The Hall–Kier alpha value is -2.04. The smallest absolute Gasteiger partial charge is 0.230 e. The Morgan fingerprint density at radius 1 is 1.35 bits per heavy atom. The van der Waals surface area contributed by atoms with Gasteiger partial charge in [-0.25, -0.2) is 0 Å². The lowest BCUT2D eigenvalue weighted by Crippen LogP contribution is -2.31. The molecule has 1 N–H and O–H groups in total. The van der Waals surface area contributed by atoms with Gasteiger partial charge >= 0.3 is 0 Å². The van der Waals surface area contributed by atoms with E-state index in [0.29, 0.717) is 19.6 Å². The molecule has 1 aromatic carbocycles. The average molecular weight is 318 g/mol. The zero-order valence-electron chi connectivity index (χ0n) is 14.2. The normalized spacial score (nSPS) is 14.3. The summed E-state index contributed by atoms with van der Waals surface area (Å²) in [4.78, 5) is 25.6. The highest BCUT2D eigenvalue weighted by molar-refractivity contribution is 5.95. The quantitative estimate of drug-likeness (QED) is 0.877. The van der Waals surface area contributed by atoms with Gasteiger partial charge in [0.1, 0.15) is 5.75 Å². The van der Waals surface area contributed by atoms with Crippen molar-refractivity contribution in [2.75, 3.05) is 25.1 Å². The minimum Gasteiger partial charge on any atom is -0.491 e. The van der Waals surface area contributed by atoms with Crippen molar-refractivity contribution in [3.8, 4) is 5.75 Å². The summed E-state index contributed by atoms with van der Waals surface area (Å²) in [6.45, 7) is 5.09. The molecule has 5 nitrogen and oxygen atoms in total. The van der Waals surface area contributed by atoms with Crippen LogP contribution in [0.1, 0.15) is 38.7 Å². The van der Waals surface area contributed by atoms with Crippen molar-refractivity contribution in [3.63, 3.8) is 0 Å². The highest BCUT2D eigenvalue weighted by atomic mass is 16.5. The van der Waals surface area contributed by atoms with E-state index in [1.165, 1.54) is 0 Å². The summed E-state index contributed by atoms with van der Waals surface area (Å²) in [7, 11) is 1.77. The van der Waals surface area contributed by atoms with Gasteiger partial charge in [-0.1, -0.05) is 19.9 Å². The van der Waals surface area contributed by atoms with E-state index in [1.54, 1.807) is 11.9 Å². The molecule has 2 rings (SSSR count). The summed E-state index contributed by atoms with van der Waals surface area (Å²) in [5.74, 6) is 1.02. The Labute approximate surface area is 138 Å². The number of carbonyl (C=O) groups excluding carboxylic acids is 2. The Morgan fingerprint density at radius 3 is 2.78 bits per heavy atom. The number of anilines is 1. The molecule has 1 aliphatic heterocycles. The minimum atomic E-state index is 0.0583. The maximum absolute atomic E-state index is 12.0. The van der Waals surface area contributed by atoms with Gasteiger partial charge < -0.3 is 15.0 Å². The number of carbonyl (C=O) groups is 2. The molecule has 0 fully saturated rings. The predicted molar refractivity (Wildman–Crippen MR) is 90.7 cm³/mol. The molecule has 0 atom stereocenters. The van der Waals surface area contributed by atoms with E-state index in [0.717, 1.165) is 36.3 Å². The molecule has 0 spiro atoms. The van der Waals surface area contributed by atoms with E-state index in [9.17, 15) is 9.59 Å². The molecular weight excluding hydrogens is 292 g/mol. The monoisotopic (exact) mass is 318 g/mol. The summed E-state index contributed by atoms with van der Waals surface area (Å²) >= 11 is 0. The lowest BCUT2D eigenvalue weighted by molar-refractivity contribution is -0.125. The number of ether oxygens (including phenoxy) is 1. The van der Waals surface area contributed by atoms with E-state index in [4.69, 9.17) is 4.74 Å². The first-order valence-corrected chi connectivity index (χ1v) is 8.36. The third kappa shape index (κ3) is 4.24. The summed E-state index contributed by atoms with van der Waals surface area (Å²) < 4.78 is 5.62. The van der Waals surface area contributed by atoms with Crippen molar-refractivity contribution in [2.45, 2.75) is 39.5 Å². The fourth-order valence-corrected chi connectivity index (χ4v) is 2.79. The lowest BCUT2D eigenvalue weighted by Gasteiger charge is -2.17. The molecule has 23 heavy (non-hydrogen) atoms. The van der Waals surface area contributed by atoms with Crippen LogP contribution in [-0.2, 0) is 16.0 Å². The molecule has 0 bridgehead atoms. The number of benzene rings is 1. The fourth-order valence-electron chi connectivity index (χ4n) is 2.79. The van der Waals surface area contributed by atoms with Crippen LogP contribution in [0.3, 0.4) is 0 Å². The van der Waals surface area contributed by atoms with E-state index in [-0.39, 0.29) is 17.7 Å². The number of hydrogen-bond acceptors (Lipinski definition) is 3. The highest BCUT2D eigenvalue weighted by Gasteiger charge is 2.20. The topological polar surface area (TPSA) is 58.6 Å². The third-order valence-corrected chi connectivity index (χ3v) is 4.40. The number of nitrogens with one attached hydrogen (secondary N) is 1. The zero-order valence-corrected chi connectivity index (χ0v) is 14.2. The summed E-state index contributed by atoms with van der Waals surface area (Å²) in [5.41, 5.74) is 1.88. The molecule has 5 heteroatoms. The van der Waals surface area contributed by atoms with Gasteiger partial charge in [0, 0.05) is 19.5 Å². The molecule has 0 aromatic heterocycles. The molecule has 0 unspecified atom stereocenters. The van der Waals surface area contributed by atoms with Crippen LogP contribution in [0.15, 0.2) is 18.2 Å². The number of hydrogen-bond donors (Lipinski definition) is 1. The van der Waals surface area contributed by atoms with Gasteiger partial charge in [0.25, 0.3) is 0 Å². The maximum Gasteiger partial charge on any atom is 0.230 e. The van der Waals surface area contributed by atoms with E-state index in [1.807, 2.05) is 32.0 Å². The standard InChI is InChI=1S/C18H26N2O3/c1-4-14(5-2)18(22)19-10-8-13-6-7-16-15(12-13)20(3)17(21)9-11-23-16/h6-7,12,14H,4-5,8-11H2,1-3H3,(H,19,22). The van der Waals surface area contributed by atoms with Crippen LogP contribution in [0.2, 0.25) is 0 Å². The number of fused-ring (bicyclic) bond motifs is 1. The van der Waals surface area contributed by atoms with Crippen molar-refractivity contribution in [2.24, 2.45) is 5.92 Å². The van der Waals surface area contributed by atoms with Crippen LogP contribution in [0.25, 0.3) is 0 Å². The first kappa shape index (κ1) is 17.3. The van der Waals surface area contributed by atoms with Crippen molar-refractivity contribution < 1.29 is 14.3 Å². The SMILES string of the molecule is CCC(CC)C(=O)NCCc1ccc2c(c1)N(C)C(=O)CCO2. The molecule has 1 heterocycles. The molecule has 0 aliphatic carbocycles. The summed E-state index contributed by atoms with van der Waals surface area (Å²) in [5, 5.41) is 2.99. The highest BCUT2D eigenvalue weighted by Crippen LogP contribution is 2.31. The van der Waals surface area contributed by atoms with Gasteiger partial charge in [-0.05, 0) is 37.0 Å². The second-order valence-electron chi connectivity index (χ2n) is 5.91. The van der Waals surface area contributed by atoms with Gasteiger partial charge in [-0.15, -0.1) is 0 Å². The first-order valence-electron chi connectivity index (χ1n) is 8.36. The lowest BCUT2D eigenvalue weighted by atomic mass is 10.0. The van der Waals surface area contributed by atoms with Gasteiger partial charge in [0.2, 0.25) is 11.8 Å². The van der Waals surface area contributed by atoms with Crippen LogP contribution in [-0.4, -0.2) is 32.0 Å². The summed E-state index contributed by atoms with van der Waals surface area (Å²) in [6, 6.07) is 5.87. The Bertz CT molecular complexity index is 567. The van der Waals surface area contributed by atoms with Gasteiger partial charge in [0.15, 0.2) is 0 Å². The Kier molecular flexibility index (Phi) is 6.02. The second-order valence-corrected chi connectivity index (χ2v) is 5.91. The average Bonchev–Trinajstić information content (AvgIpc) is 2.68. The first-order chi connectivity index (χ1) is 11.1. The molecule has 1 aromatic rings. The van der Waals surface area contributed by atoms with Crippen molar-refractivity contribution >= 4 is 17.5 Å². The predicted octanol–water partition coefficient (Wildman–Crippen LogP) is 2.53. The minimum absolute atomic E-state index is 0.0583. The number of rotatable bonds is 6. The molecule has 1 aliphatic rings. The number of nitrogens with zero attached hydrogens (tertiary/aromatic N) is 1. The molecule has 0 radical (unpaired) electrons. The van der Waals surface area contributed by atoms with Gasteiger partial charge in [-0.3, -0.25) is 9.59 Å². The third-order valence-electron chi connectivity index (χ3n) is 4.40. The van der Waals surface area contributed by atoms with Crippen LogP contribution < -0.4 is 15.0 Å². The van der Waals surface area contributed by atoms with Crippen LogP contribution in [0.4, 0.5) is 5.69 Å². The van der Waals surface area contributed by atoms with Crippen molar-refractivity contribution in [1.82, 2.24) is 5.32 Å². The second kappa shape index (κ2) is 7.99. The largest absolute Gasteiger partial charge is 0.491 e. The van der Waals surface area contributed by atoms with E-state index >= 15 is 0 Å². The Morgan fingerprint density at radius 2 is 2.09 bits per heavy atom.